The van der Waals surface area contributed by atoms with Crippen LogP contribution in [0.3, 0.4) is 0 Å². The average molecular weight is 392 g/mol. The van der Waals surface area contributed by atoms with E-state index in [1.165, 1.54) is 32.9 Å². The van der Waals surface area contributed by atoms with E-state index in [4.69, 9.17) is 4.74 Å². The first kappa shape index (κ1) is 15.0. The predicted molar refractivity (Wildman–Crippen MR) is 107 cm³/mol. The van der Waals surface area contributed by atoms with Gasteiger partial charge in [-0.1, -0.05) is 48.5 Å². The fourth-order valence-electron chi connectivity index (χ4n) is 3.91. The average Bonchev–Trinajstić information content (AvgIpc) is 2.98. The molecule has 0 aliphatic carbocycles. The molecule has 2 heterocycles. The van der Waals surface area contributed by atoms with Crippen LogP contribution >= 0.6 is 15.9 Å². The molecule has 0 N–H and O–H groups in total. The Labute approximate surface area is 155 Å². The lowest BCUT2D eigenvalue weighted by Crippen LogP contribution is -2.00. The van der Waals surface area contributed by atoms with Gasteiger partial charge in [0.25, 0.3) is 0 Å². The number of hydrogen-bond donors (Lipinski definition) is 0. The predicted octanol–water partition coefficient (Wildman–Crippen LogP) is 6.40. The fourth-order valence-corrected chi connectivity index (χ4v) is 4.66. The fraction of sp³-hybridized carbons (Fsp3) is 0.182. The highest BCUT2D eigenvalue weighted by Crippen LogP contribution is 2.45. The van der Waals surface area contributed by atoms with Gasteiger partial charge in [-0.2, -0.15) is 0 Å². The Morgan fingerprint density at radius 1 is 0.840 bits per heavy atom. The van der Waals surface area contributed by atoms with Crippen molar-refractivity contribution >= 4 is 37.6 Å². The lowest BCUT2D eigenvalue weighted by Gasteiger charge is -2.15. The monoisotopic (exact) mass is 391 g/mol. The number of aryl methyl sites for hydroxylation is 1. The quantitative estimate of drug-likeness (QED) is 0.338. The van der Waals surface area contributed by atoms with Crippen LogP contribution in [0.25, 0.3) is 32.9 Å². The summed E-state index contributed by atoms with van der Waals surface area (Å²) in [6.07, 6.45) is 2.18. The third-order valence-electron chi connectivity index (χ3n) is 5.07. The molecule has 0 fully saturated rings. The number of halogens is 1. The molecule has 0 radical (unpaired) electrons. The Bertz CT molecular complexity index is 1100. The van der Waals surface area contributed by atoms with Crippen molar-refractivity contribution in [3.05, 3.63) is 65.1 Å². The van der Waals surface area contributed by atoms with Crippen molar-refractivity contribution in [3.63, 3.8) is 0 Å². The smallest absolute Gasteiger partial charge is 0.129 e. The van der Waals surface area contributed by atoms with Gasteiger partial charge in [0.1, 0.15) is 5.75 Å². The number of hydrogen-bond acceptors (Lipinski definition) is 1. The highest BCUT2D eigenvalue weighted by Gasteiger charge is 2.22. The second-order valence-corrected chi connectivity index (χ2v) is 7.34. The first-order chi connectivity index (χ1) is 12.3. The van der Waals surface area contributed by atoms with Gasteiger partial charge in [-0.15, -0.1) is 0 Å². The van der Waals surface area contributed by atoms with E-state index < -0.39 is 0 Å². The minimum Gasteiger partial charge on any atom is -0.493 e. The van der Waals surface area contributed by atoms with Crippen LogP contribution in [0.4, 0.5) is 0 Å². The van der Waals surface area contributed by atoms with Crippen LogP contribution < -0.4 is 4.74 Å². The van der Waals surface area contributed by atoms with E-state index >= 15 is 0 Å². The molecule has 1 aliphatic rings. The molecule has 0 amide bonds. The van der Waals surface area contributed by atoms with Gasteiger partial charge in [-0.05, 0) is 51.7 Å². The molecule has 25 heavy (non-hydrogen) atoms. The molecule has 0 bridgehead atoms. The number of fused-ring (bicyclic) bond motifs is 7. The Morgan fingerprint density at radius 2 is 1.64 bits per heavy atom. The third kappa shape index (κ3) is 2.30. The maximum Gasteiger partial charge on any atom is 0.129 e. The summed E-state index contributed by atoms with van der Waals surface area (Å²) in [7, 11) is 0. The van der Waals surface area contributed by atoms with Gasteiger partial charge in [-0.3, -0.25) is 0 Å². The maximum atomic E-state index is 6.19. The molecule has 2 nitrogen and oxygen atoms in total. The van der Waals surface area contributed by atoms with Crippen molar-refractivity contribution < 1.29 is 4.74 Å². The second-order valence-electron chi connectivity index (χ2n) is 6.55. The molecule has 1 aromatic heterocycles. The summed E-state index contributed by atoms with van der Waals surface area (Å²) in [6.45, 7) is 1.78. The van der Waals surface area contributed by atoms with Gasteiger partial charge < -0.3 is 9.30 Å². The summed E-state index contributed by atoms with van der Waals surface area (Å²) in [4.78, 5) is 0. The number of aromatic nitrogens is 1. The van der Waals surface area contributed by atoms with Crippen molar-refractivity contribution in [1.29, 1.82) is 0 Å². The molecule has 5 rings (SSSR count). The summed E-state index contributed by atoms with van der Waals surface area (Å²) < 4.78 is 9.81. The third-order valence-corrected chi connectivity index (χ3v) is 5.87. The van der Waals surface area contributed by atoms with Crippen LogP contribution in [0, 0.1) is 0 Å². The molecular formula is C22H18BrNO. The van der Waals surface area contributed by atoms with Gasteiger partial charge in [0, 0.05) is 23.0 Å². The number of ether oxygens (including phenoxy) is 1. The minimum absolute atomic E-state index is 0.770. The van der Waals surface area contributed by atoms with Gasteiger partial charge in [0.15, 0.2) is 0 Å². The highest BCUT2D eigenvalue weighted by atomic mass is 79.9. The SMILES string of the molecule is Brc1c2n(c3ccccc13)CCCCOc1ccc3ccccc3c1-2. The maximum absolute atomic E-state index is 6.19. The van der Waals surface area contributed by atoms with E-state index in [0.29, 0.717) is 0 Å². The summed E-state index contributed by atoms with van der Waals surface area (Å²) in [5, 5.41) is 3.75. The van der Waals surface area contributed by atoms with E-state index in [-0.39, 0.29) is 0 Å². The molecule has 0 saturated heterocycles. The number of para-hydroxylation sites is 1. The van der Waals surface area contributed by atoms with Crippen LogP contribution in [0.15, 0.2) is 65.1 Å². The van der Waals surface area contributed by atoms with E-state index in [9.17, 15) is 0 Å². The molecule has 1 aliphatic heterocycles. The number of nitrogens with zero attached hydrogens (tertiary/aromatic N) is 1. The lowest BCUT2D eigenvalue weighted by molar-refractivity contribution is 0.307. The van der Waals surface area contributed by atoms with Crippen molar-refractivity contribution in [2.45, 2.75) is 19.4 Å². The number of rotatable bonds is 0. The van der Waals surface area contributed by atoms with Gasteiger partial charge in [-0.25, -0.2) is 0 Å². The Hall–Kier alpha value is -2.26. The normalized spacial score (nSPS) is 14.3. The first-order valence-electron chi connectivity index (χ1n) is 8.76. The van der Waals surface area contributed by atoms with Crippen LogP contribution in [0.1, 0.15) is 12.8 Å². The molecule has 124 valence electrons. The van der Waals surface area contributed by atoms with Gasteiger partial charge >= 0.3 is 0 Å². The van der Waals surface area contributed by atoms with E-state index in [1.54, 1.807) is 0 Å². The summed E-state index contributed by atoms with van der Waals surface area (Å²) >= 11 is 3.90. The Balaban J connectivity index is 1.96. The Kier molecular flexibility index (Phi) is 3.56. The van der Waals surface area contributed by atoms with Crippen molar-refractivity contribution in [2.24, 2.45) is 0 Å². The minimum atomic E-state index is 0.770. The molecule has 4 aromatic rings. The molecule has 0 saturated carbocycles. The zero-order valence-corrected chi connectivity index (χ0v) is 15.4. The molecule has 0 spiro atoms. The van der Waals surface area contributed by atoms with Gasteiger partial charge in [0.2, 0.25) is 0 Å². The second kappa shape index (κ2) is 5.92. The summed E-state index contributed by atoms with van der Waals surface area (Å²) in [5.74, 6) is 0.977. The zero-order chi connectivity index (χ0) is 16.8. The van der Waals surface area contributed by atoms with Crippen molar-refractivity contribution in [1.82, 2.24) is 4.57 Å². The molecule has 3 heteroatoms. The zero-order valence-electron chi connectivity index (χ0n) is 13.8. The summed E-state index contributed by atoms with van der Waals surface area (Å²) in [5.41, 5.74) is 3.71. The topological polar surface area (TPSA) is 14.2 Å². The van der Waals surface area contributed by atoms with Crippen molar-refractivity contribution in [2.75, 3.05) is 6.61 Å². The lowest BCUT2D eigenvalue weighted by atomic mass is 10.0. The molecule has 3 aromatic carbocycles. The van der Waals surface area contributed by atoms with Crippen LogP contribution in [0.5, 0.6) is 5.75 Å². The van der Waals surface area contributed by atoms with E-state index in [2.05, 4.69) is 81.2 Å². The highest BCUT2D eigenvalue weighted by molar-refractivity contribution is 9.10. The largest absolute Gasteiger partial charge is 0.493 e. The molecule has 0 atom stereocenters. The van der Waals surface area contributed by atoms with Crippen LogP contribution in [-0.2, 0) is 6.54 Å². The van der Waals surface area contributed by atoms with E-state index in [1.807, 2.05) is 0 Å². The standard InChI is InChI=1S/C22H18BrNO/c23-21-17-9-3-4-10-18(17)24-13-5-6-14-25-19-12-11-15-7-1-2-8-16(15)20(19)22(21)24/h1-4,7-12H,5-6,13-14H2. The molecular weight excluding hydrogens is 374 g/mol. The van der Waals surface area contributed by atoms with Gasteiger partial charge in [0.05, 0.1) is 16.8 Å². The van der Waals surface area contributed by atoms with Crippen molar-refractivity contribution in [3.8, 4) is 17.0 Å². The summed E-state index contributed by atoms with van der Waals surface area (Å²) in [6, 6.07) is 21.5. The first-order valence-corrected chi connectivity index (χ1v) is 9.55. The van der Waals surface area contributed by atoms with E-state index in [0.717, 1.165) is 36.2 Å². The Morgan fingerprint density at radius 3 is 2.56 bits per heavy atom. The number of benzene rings is 3. The van der Waals surface area contributed by atoms with Crippen LogP contribution in [-0.4, -0.2) is 11.2 Å². The molecule has 0 unspecified atom stereocenters. The van der Waals surface area contributed by atoms with Crippen LogP contribution in [0.2, 0.25) is 0 Å².